The maximum Gasteiger partial charge on any atom is 0.310 e. The number of hydrogen-bond acceptors (Lipinski definition) is 2. The lowest BCUT2D eigenvalue weighted by Gasteiger charge is -2.33. The molecule has 4 nitrogen and oxygen atoms in total. The summed E-state index contributed by atoms with van der Waals surface area (Å²) in [6, 6.07) is 7.68. The monoisotopic (exact) mass is 289 g/mol. The number of aryl methyl sites for hydroxylation is 1. The molecule has 0 heterocycles. The number of hydrogen-bond donors (Lipinski definition) is 1. The molecule has 1 aliphatic rings. The molecule has 114 valence electrons. The van der Waals surface area contributed by atoms with E-state index in [0.717, 1.165) is 30.5 Å². The van der Waals surface area contributed by atoms with Crippen molar-refractivity contribution in [3.63, 3.8) is 0 Å². The van der Waals surface area contributed by atoms with Crippen LogP contribution in [0.2, 0.25) is 0 Å². The van der Waals surface area contributed by atoms with Gasteiger partial charge in [0.05, 0.1) is 5.41 Å². The molecule has 1 saturated carbocycles. The molecule has 4 heteroatoms. The van der Waals surface area contributed by atoms with Crippen LogP contribution in [0.4, 0.5) is 5.69 Å². The highest BCUT2D eigenvalue weighted by atomic mass is 16.4. The predicted molar refractivity (Wildman–Crippen MR) is 82.4 cm³/mol. The summed E-state index contributed by atoms with van der Waals surface area (Å²) in [4.78, 5) is 25.7. The SMILES string of the molecule is Cc1ccc(N(C)C(=O)CC2(C(=O)O)CCCCC2)cc1. The fraction of sp³-hybridized carbons (Fsp3) is 0.529. The van der Waals surface area contributed by atoms with Crippen LogP contribution >= 0.6 is 0 Å². The Morgan fingerprint density at radius 2 is 1.71 bits per heavy atom. The molecule has 2 rings (SSSR count). The van der Waals surface area contributed by atoms with Crippen LogP contribution in [-0.4, -0.2) is 24.0 Å². The van der Waals surface area contributed by atoms with Crippen LogP contribution in [0.25, 0.3) is 0 Å². The lowest BCUT2D eigenvalue weighted by atomic mass is 9.71. The normalized spacial score (nSPS) is 17.2. The molecule has 21 heavy (non-hydrogen) atoms. The van der Waals surface area contributed by atoms with E-state index in [1.54, 1.807) is 11.9 Å². The Bertz CT molecular complexity index is 515. The lowest BCUT2D eigenvalue weighted by Crippen LogP contribution is -2.39. The zero-order chi connectivity index (χ0) is 15.5. The third-order valence-electron chi connectivity index (χ3n) is 4.55. The first-order valence-electron chi connectivity index (χ1n) is 7.51. The molecule has 1 amide bonds. The standard InChI is InChI=1S/C17H23NO3/c1-13-6-8-14(9-7-13)18(2)15(19)12-17(16(20)21)10-4-3-5-11-17/h6-9H,3-5,10-12H2,1-2H3,(H,20,21). The van der Waals surface area contributed by atoms with Gasteiger partial charge < -0.3 is 10.0 Å². The third kappa shape index (κ3) is 3.43. The first-order valence-corrected chi connectivity index (χ1v) is 7.51. The molecule has 1 N–H and O–H groups in total. The fourth-order valence-electron chi connectivity index (χ4n) is 3.02. The Morgan fingerprint density at radius 3 is 2.24 bits per heavy atom. The van der Waals surface area contributed by atoms with Crippen LogP contribution in [0, 0.1) is 12.3 Å². The van der Waals surface area contributed by atoms with E-state index in [1.807, 2.05) is 31.2 Å². The summed E-state index contributed by atoms with van der Waals surface area (Å²) in [6.45, 7) is 1.99. The molecule has 1 aliphatic carbocycles. The van der Waals surface area contributed by atoms with Crippen LogP contribution in [0.15, 0.2) is 24.3 Å². The summed E-state index contributed by atoms with van der Waals surface area (Å²) in [5, 5.41) is 9.56. The number of carboxylic acids is 1. The summed E-state index contributed by atoms with van der Waals surface area (Å²) in [5.74, 6) is -0.948. The van der Waals surface area contributed by atoms with Crippen LogP contribution in [-0.2, 0) is 9.59 Å². The summed E-state index contributed by atoms with van der Waals surface area (Å²) >= 11 is 0. The smallest absolute Gasteiger partial charge is 0.310 e. The van der Waals surface area contributed by atoms with Gasteiger partial charge in [0.25, 0.3) is 0 Å². The van der Waals surface area contributed by atoms with E-state index in [2.05, 4.69) is 0 Å². The fourth-order valence-corrected chi connectivity index (χ4v) is 3.02. The van der Waals surface area contributed by atoms with Gasteiger partial charge in [-0.3, -0.25) is 9.59 Å². The molecule has 1 aromatic rings. The Morgan fingerprint density at radius 1 is 1.14 bits per heavy atom. The molecule has 0 bridgehead atoms. The van der Waals surface area contributed by atoms with Crippen LogP contribution in [0.1, 0.15) is 44.1 Å². The first kappa shape index (κ1) is 15.5. The highest BCUT2D eigenvalue weighted by Crippen LogP contribution is 2.40. The first-order chi connectivity index (χ1) is 9.94. The number of amides is 1. The van der Waals surface area contributed by atoms with E-state index in [1.165, 1.54) is 0 Å². The van der Waals surface area contributed by atoms with Crippen molar-refractivity contribution in [1.82, 2.24) is 0 Å². The van der Waals surface area contributed by atoms with Crippen molar-refractivity contribution in [2.45, 2.75) is 45.4 Å². The van der Waals surface area contributed by atoms with Crippen molar-refractivity contribution in [3.05, 3.63) is 29.8 Å². The Labute approximate surface area is 125 Å². The second kappa shape index (κ2) is 6.29. The van der Waals surface area contributed by atoms with Crippen molar-refractivity contribution < 1.29 is 14.7 Å². The molecular weight excluding hydrogens is 266 g/mol. The zero-order valence-electron chi connectivity index (χ0n) is 12.8. The van der Waals surface area contributed by atoms with Crippen LogP contribution in [0.5, 0.6) is 0 Å². The minimum absolute atomic E-state index is 0.0900. The Hall–Kier alpha value is -1.84. The highest BCUT2D eigenvalue weighted by Gasteiger charge is 2.42. The molecule has 1 aromatic carbocycles. The van der Waals surface area contributed by atoms with Crippen molar-refractivity contribution in [3.8, 4) is 0 Å². The van der Waals surface area contributed by atoms with Gasteiger partial charge in [0.2, 0.25) is 5.91 Å². The van der Waals surface area contributed by atoms with Crippen molar-refractivity contribution in [1.29, 1.82) is 0 Å². The van der Waals surface area contributed by atoms with Crippen molar-refractivity contribution in [2.75, 3.05) is 11.9 Å². The number of aliphatic carboxylic acids is 1. The third-order valence-corrected chi connectivity index (χ3v) is 4.55. The quantitative estimate of drug-likeness (QED) is 0.924. The van der Waals surface area contributed by atoms with Gasteiger partial charge in [-0.1, -0.05) is 37.0 Å². The molecule has 0 saturated heterocycles. The summed E-state index contributed by atoms with van der Waals surface area (Å²) in [6.07, 6.45) is 4.16. The molecule has 0 radical (unpaired) electrons. The van der Waals surface area contributed by atoms with Gasteiger partial charge in [-0.15, -0.1) is 0 Å². The summed E-state index contributed by atoms with van der Waals surface area (Å²) < 4.78 is 0. The maximum atomic E-state index is 12.5. The van der Waals surface area contributed by atoms with E-state index in [-0.39, 0.29) is 12.3 Å². The topological polar surface area (TPSA) is 57.6 Å². The molecule has 0 aromatic heterocycles. The summed E-state index contributed by atoms with van der Waals surface area (Å²) in [5.41, 5.74) is 1.07. The number of carbonyl (C=O) groups excluding carboxylic acids is 1. The molecular formula is C17H23NO3. The number of carboxylic acid groups (broad SMARTS) is 1. The van der Waals surface area contributed by atoms with Gasteiger partial charge in [0, 0.05) is 19.2 Å². The number of rotatable bonds is 4. The summed E-state index contributed by atoms with van der Waals surface area (Å²) in [7, 11) is 1.71. The number of nitrogens with zero attached hydrogens (tertiary/aromatic N) is 1. The van der Waals surface area contributed by atoms with E-state index >= 15 is 0 Å². The van der Waals surface area contributed by atoms with Crippen LogP contribution < -0.4 is 4.90 Å². The van der Waals surface area contributed by atoms with Gasteiger partial charge in [0.1, 0.15) is 0 Å². The molecule has 0 aliphatic heterocycles. The molecule has 1 fully saturated rings. The van der Waals surface area contributed by atoms with Gasteiger partial charge in [-0.2, -0.15) is 0 Å². The lowest BCUT2D eigenvalue weighted by molar-refractivity contribution is -0.153. The van der Waals surface area contributed by atoms with E-state index in [0.29, 0.717) is 12.8 Å². The Balaban J connectivity index is 2.11. The number of anilines is 1. The molecule has 0 spiro atoms. The van der Waals surface area contributed by atoms with E-state index < -0.39 is 11.4 Å². The van der Waals surface area contributed by atoms with E-state index in [9.17, 15) is 14.7 Å². The second-order valence-electron chi connectivity index (χ2n) is 6.11. The molecule has 0 unspecified atom stereocenters. The van der Waals surface area contributed by atoms with Gasteiger partial charge >= 0.3 is 5.97 Å². The predicted octanol–water partition coefficient (Wildman–Crippen LogP) is 3.38. The van der Waals surface area contributed by atoms with Crippen molar-refractivity contribution >= 4 is 17.6 Å². The second-order valence-corrected chi connectivity index (χ2v) is 6.11. The zero-order valence-corrected chi connectivity index (χ0v) is 12.8. The minimum Gasteiger partial charge on any atom is -0.481 e. The van der Waals surface area contributed by atoms with Gasteiger partial charge in [0.15, 0.2) is 0 Å². The largest absolute Gasteiger partial charge is 0.481 e. The van der Waals surface area contributed by atoms with Crippen molar-refractivity contribution in [2.24, 2.45) is 5.41 Å². The average Bonchev–Trinajstić information content (AvgIpc) is 2.48. The molecule has 0 atom stereocenters. The maximum absolute atomic E-state index is 12.5. The van der Waals surface area contributed by atoms with E-state index in [4.69, 9.17) is 0 Å². The average molecular weight is 289 g/mol. The van der Waals surface area contributed by atoms with Gasteiger partial charge in [-0.25, -0.2) is 0 Å². The highest BCUT2D eigenvalue weighted by molar-refractivity contribution is 5.96. The van der Waals surface area contributed by atoms with Crippen LogP contribution in [0.3, 0.4) is 0 Å². The van der Waals surface area contributed by atoms with Gasteiger partial charge in [-0.05, 0) is 31.9 Å². The Kier molecular flexibility index (Phi) is 4.66. The number of carbonyl (C=O) groups is 2. The number of benzene rings is 1. The minimum atomic E-state index is -0.867.